The summed E-state index contributed by atoms with van der Waals surface area (Å²) in [7, 11) is 3.35. The van der Waals surface area contributed by atoms with Gasteiger partial charge in [0.1, 0.15) is 11.5 Å². The lowest BCUT2D eigenvalue weighted by Gasteiger charge is -2.38. The molecule has 4 rings (SSSR count). The highest BCUT2D eigenvalue weighted by atomic mass is 16.5. The van der Waals surface area contributed by atoms with E-state index in [1.165, 1.54) is 11.1 Å². The second-order valence-corrected chi connectivity index (χ2v) is 7.60. The Balaban J connectivity index is 1.65. The second-order valence-electron chi connectivity index (χ2n) is 7.60. The Morgan fingerprint density at radius 1 is 1.04 bits per heavy atom. The lowest BCUT2D eigenvalue weighted by molar-refractivity contribution is -0.136. The first kappa shape index (κ1) is 18.8. The second kappa shape index (κ2) is 8.23. The number of hydrogen-bond donors (Lipinski definition) is 0. The summed E-state index contributed by atoms with van der Waals surface area (Å²) in [4.78, 5) is 17.6. The fourth-order valence-corrected chi connectivity index (χ4v) is 4.36. The van der Waals surface area contributed by atoms with E-state index >= 15 is 0 Å². The van der Waals surface area contributed by atoms with E-state index in [2.05, 4.69) is 29.2 Å². The highest BCUT2D eigenvalue weighted by Gasteiger charge is 2.35. The lowest BCUT2D eigenvalue weighted by Crippen LogP contribution is -2.50. The van der Waals surface area contributed by atoms with Crippen LogP contribution in [0.4, 0.5) is 0 Å². The molecular weight excluding hydrogens is 352 g/mol. The fraction of sp³-hybridized carbons (Fsp3) is 0.435. The number of ether oxygens (including phenoxy) is 2. The van der Waals surface area contributed by atoms with Crippen molar-refractivity contribution in [3.05, 3.63) is 59.2 Å². The van der Waals surface area contributed by atoms with Gasteiger partial charge in [0, 0.05) is 31.7 Å². The number of methoxy groups -OCH3 is 2. The van der Waals surface area contributed by atoms with Crippen molar-refractivity contribution in [3.8, 4) is 11.5 Å². The van der Waals surface area contributed by atoms with E-state index in [0.717, 1.165) is 56.0 Å². The normalized spacial score (nSPS) is 19.4. The van der Waals surface area contributed by atoms with Gasteiger partial charge in [0.15, 0.2) is 0 Å². The molecule has 0 aromatic heterocycles. The highest BCUT2D eigenvalue weighted by Crippen LogP contribution is 2.31. The summed E-state index contributed by atoms with van der Waals surface area (Å²) >= 11 is 0. The molecule has 2 aliphatic heterocycles. The van der Waals surface area contributed by atoms with Gasteiger partial charge >= 0.3 is 0 Å². The summed E-state index contributed by atoms with van der Waals surface area (Å²) in [6, 6.07) is 14.2. The van der Waals surface area contributed by atoms with Gasteiger partial charge in [-0.1, -0.05) is 24.3 Å². The molecule has 0 N–H and O–H groups in total. The molecule has 1 atom stereocenters. The molecule has 2 heterocycles. The molecule has 1 saturated heterocycles. The minimum atomic E-state index is -0.135. The van der Waals surface area contributed by atoms with Crippen LogP contribution in [0, 0.1) is 0 Å². The molecule has 0 aliphatic carbocycles. The summed E-state index contributed by atoms with van der Waals surface area (Å²) in [5.74, 6) is 1.89. The monoisotopic (exact) mass is 380 g/mol. The Morgan fingerprint density at radius 2 is 1.79 bits per heavy atom. The summed E-state index contributed by atoms with van der Waals surface area (Å²) in [5.41, 5.74) is 3.63. The third-order valence-corrected chi connectivity index (χ3v) is 5.91. The molecule has 0 spiro atoms. The SMILES string of the molecule is COc1ccc(OC)c(CN2Cc3ccccc3CC2C(=O)N2CCCC2)c1. The average Bonchev–Trinajstić information content (AvgIpc) is 3.27. The number of nitrogens with zero attached hydrogens (tertiary/aromatic N) is 2. The maximum atomic E-state index is 13.3. The van der Waals surface area contributed by atoms with Gasteiger partial charge in [-0.3, -0.25) is 9.69 Å². The van der Waals surface area contributed by atoms with Crippen LogP contribution in [0.3, 0.4) is 0 Å². The molecule has 2 aromatic rings. The molecule has 148 valence electrons. The van der Waals surface area contributed by atoms with Crippen molar-refractivity contribution < 1.29 is 14.3 Å². The van der Waals surface area contributed by atoms with Crippen molar-refractivity contribution in [1.29, 1.82) is 0 Å². The van der Waals surface area contributed by atoms with Crippen LogP contribution in [-0.4, -0.2) is 49.1 Å². The van der Waals surface area contributed by atoms with Gasteiger partial charge < -0.3 is 14.4 Å². The number of rotatable bonds is 5. The largest absolute Gasteiger partial charge is 0.497 e. The number of hydrogen-bond acceptors (Lipinski definition) is 4. The first-order valence-corrected chi connectivity index (χ1v) is 10.00. The smallest absolute Gasteiger partial charge is 0.240 e. The molecule has 0 bridgehead atoms. The molecule has 2 aliphatic rings. The number of likely N-dealkylation sites (tertiary alicyclic amines) is 1. The van der Waals surface area contributed by atoms with Crippen LogP contribution in [0.1, 0.15) is 29.5 Å². The van der Waals surface area contributed by atoms with E-state index in [1.54, 1.807) is 14.2 Å². The first-order valence-electron chi connectivity index (χ1n) is 10.00. The van der Waals surface area contributed by atoms with Crippen LogP contribution in [0.25, 0.3) is 0 Å². The number of fused-ring (bicyclic) bond motifs is 1. The quantitative estimate of drug-likeness (QED) is 0.799. The Bertz CT molecular complexity index is 845. The minimum absolute atomic E-state index is 0.135. The third kappa shape index (κ3) is 3.72. The van der Waals surface area contributed by atoms with Gasteiger partial charge in [-0.2, -0.15) is 0 Å². The van der Waals surface area contributed by atoms with Crippen molar-refractivity contribution in [1.82, 2.24) is 9.80 Å². The van der Waals surface area contributed by atoms with E-state index < -0.39 is 0 Å². The molecule has 0 radical (unpaired) electrons. The Hall–Kier alpha value is -2.53. The van der Waals surface area contributed by atoms with Gasteiger partial charge in [0.25, 0.3) is 0 Å². The Morgan fingerprint density at radius 3 is 2.50 bits per heavy atom. The maximum Gasteiger partial charge on any atom is 0.240 e. The molecule has 5 heteroatoms. The standard InChI is InChI=1S/C23H28N2O3/c1-27-20-9-10-22(28-2)19(13-20)16-25-15-18-8-4-3-7-17(18)14-21(25)23(26)24-11-5-6-12-24/h3-4,7-10,13,21H,5-6,11-12,14-16H2,1-2H3. The van der Waals surface area contributed by atoms with Crippen molar-refractivity contribution in [2.24, 2.45) is 0 Å². The molecule has 1 unspecified atom stereocenters. The third-order valence-electron chi connectivity index (χ3n) is 5.91. The van der Waals surface area contributed by atoms with Crippen molar-refractivity contribution in [3.63, 3.8) is 0 Å². The zero-order valence-electron chi connectivity index (χ0n) is 16.7. The number of carbonyl (C=O) groups is 1. The van der Waals surface area contributed by atoms with Crippen LogP contribution in [-0.2, 0) is 24.3 Å². The van der Waals surface area contributed by atoms with Gasteiger partial charge in [0.05, 0.1) is 20.3 Å². The average molecular weight is 380 g/mol. The summed E-state index contributed by atoms with van der Waals surface area (Å²) < 4.78 is 11.0. The fourth-order valence-electron chi connectivity index (χ4n) is 4.36. The van der Waals surface area contributed by atoms with Crippen LogP contribution in [0.2, 0.25) is 0 Å². The van der Waals surface area contributed by atoms with E-state index in [1.807, 2.05) is 23.1 Å². The van der Waals surface area contributed by atoms with Crippen molar-refractivity contribution in [2.75, 3.05) is 27.3 Å². The molecular formula is C23H28N2O3. The van der Waals surface area contributed by atoms with E-state index in [0.29, 0.717) is 6.54 Å². The van der Waals surface area contributed by atoms with Crippen LogP contribution in [0.5, 0.6) is 11.5 Å². The van der Waals surface area contributed by atoms with E-state index in [9.17, 15) is 4.79 Å². The molecule has 5 nitrogen and oxygen atoms in total. The van der Waals surface area contributed by atoms with Crippen LogP contribution >= 0.6 is 0 Å². The van der Waals surface area contributed by atoms with Gasteiger partial charge in [-0.25, -0.2) is 0 Å². The maximum absolute atomic E-state index is 13.3. The summed E-state index contributed by atoms with van der Waals surface area (Å²) in [6.07, 6.45) is 2.98. The number of carbonyl (C=O) groups excluding carboxylic acids is 1. The molecule has 1 fully saturated rings. The molecule has 2 aromatic carbocycles. The number of amides is 1. The minimum Gasteiger partial charge on any atom is -0.497 e. The van der Waals surface area contributed by atoms with E-state index in [4.69, 9.17) is 9.47 Å². The molecule has 28 heavy (non-hydrogen) atoms. The first-order chi connectivity index (χ1) is 13.7. The van der Waals surface area contributed by atoms with Crippen molar-refractivity contribution in [2.45, 2.75) is 38.4 Å². The predicted octanol–water partition coefficient (Wildman–Crippen LogP) is 3.25. The number of benzene rings is 2. The summed E-state index contributed by atoms with van der Waals surface area (Å²) in [5, 5.41) is 0. The zero-order chi connectivity index (χ0) is 19.5. The van der Waals surface area contributed by atoms with Gasteiger partial charge in [0.2, 0.25) is 5.91 Å². The zero-order valence-corrected chi connectivity index (χ0v) is 16.7. The van der Waals surface area contributed by atoms with Gasteiger partial charge in [-0.15, -0.1) is 0 Å². The predicted molar refractivity (Wildman–Crippen MR) is 109 cm³/mol. The van der Waals surface area contributed by atoms with Gasteiger partial charge in [-0.05, 0) is 48.6 Å². The summed E-state index contributed by atoms with van der Waals surface area (Å²) in [6.45, 7) is 3.18. The Kier molecular flexibility index (Phi) is 5.53. The molecule has 1 amide bonds. The van der Waals surface area contributed by atoms with E-state index in [-0.39, 0.29) is 11.9 Å². The van der Waals surface area contributed by atoms with Crippen LogP contribution < -0.4 is 9.47 Å². The van der Waals surface area contributed by atoms with Crippen LogP contribution in [0.15, 0.2) is 42.5 Å². The lowest BCUT2D eigenvalue weighted by atomic mass is 9.92. The highest BCUT2D eigenvalue weighted by molar-refractivity contribution is 5.83. The van der Waals surface area contributed by atoms with Crippen molar-refractivity contribution >= 4 is 5.91 Å². The molecule has 0 saturated carbocycles. The topological polar surface area (TPSA) is 42.0 Å². The Labute approximate surface area is 166 Å².